The second kappa shape index (κ2) is 7.29. The maximum Gasteiger partial charge on any atom is 0.228 e. The number of benzene rings is 1. The number of nitrogens with one attached hydrogen (secondary N) is 1. The highest BCUT2D eigenvalue weighted by molar-refractivity contribution is 6.00. The number of carbonyl (C=O) groups is 3. The molecule has 0 bridgehead atoms. The van der Waals surface area contributed by atoms with Crippen LogP contribution < -0.4 is 10.2 Å². The summed E-state index contributed by atoms with van der Waals surface area (Å²) in [6.45, 7) is 1.44. The van der Waals surface area contributed by atoms with E-state index in [1.54, 1.807) is 21.9 Å². The lowest BCUT2D eigenvalue weighted by Crippen LogP contribution is -2.45. The van der Waals surface area contributed by atoms with Gasteiger partial charge in [-0.2, -0.15) is 0 Å². The molecule has 0 spiro atoms. The molecule has 27 heavy (non-hydrogen) atoms. The van der Waals surface area contributed by atoms with Gasteiger partial charge in [-0.3, -0.25) is 14.4 Å². The number of hydrogen-bond donors (Lipinski definition) is 1. The summed E-state index contributed by atoms with van der Waals surface area (Å²) in [6.07, 6.45) is 3.67. The Morgan fingerprint density at radius 3 is 2.30 bits per heavy atom. The van der Waals surface area contributed by atoms with Crippen molar-refractivity contribution in [2.75, 3.05) is 24.5 Å². The minimum atomic E-state index is -0.376. The standard InChI is InChI=1S/C20H24FN3O3/c21-15-1-5-17(6-2-15)24-12-14(11-18(24)25)20(27)23-9-7-13(8-10-23)19(26)22-16-3-4-16/h1-2,5-6,13-14,16H,3-4,7-12H2,(H,22,26)/t14-/m0/s1. The molecular formula is C20H24FN3O3. The maximum atomic E-state index is 13.1. The molecule has 4 rings (SSSR count). The second-order valence-electron chi connectivity index (χ2n) is 7.76. The van der Waals surface area contributed by atoms with Gasteiger partial charge in [0.25, 0.3) is 0 Å². The number of amides is 3. The van der Waals surface area contributed by atoms with E-state index in [2.05, 4.69) is 5.32 Å². The van der Waals surface area contributed by atoms with Crippen LogP contribution in [0.15, 0.2) is 24.3 Å². The minimum absolute atomic E-state index is 0.0180. The van der Waals surface area contributed by atoms with Crippen LogP contribution >= 0.6 is 0 Å². The van der Waals surface area contributed by atoms with Crippen LogP contribution in [0.25, 0.3) is 0 Å². The van der Waals surface area contributed by atoms with Crippen molar-refractivity contribution in [3.05, 3.63) is 30.1 Å². The molecule has 1 atom stereocenters. The lowest BCUT2D eigenvalue weighted by molar-refractivity contribution is -0.139. The number of carbonyl (C=O) groups excluding carboxylic acids is 3. The summed E-state index contributed by atoms with van der Waals surface area (Å²) in [4.78, 5) is 40.6. The van der Waals surface area contributed by atoms with Crippen molar-refractivity contribution in [1.82, 2.24) is 10.2 Å². The molecule has 6 nitrogen and oxygen atoms in total. The number of rotatable bonds is 4. The fraction of sp³-hybridized carbons (Fsp3) is 0.550. The van der Waals surface area contributed by atoms with E-state index in [-0.39, 0.29) is 41.8 Å². The van der Waals surface area contributed by atoms with E-state index in [1.807, 2.05) is 0 Å². The van der Waals surface area contributed by atoms with Gasteiger partial charge in [0.1, 0.15) is 5.82 Å². The van der Waals surface area contributed by atoms with E-state index < -0.39 is 0 Å². The normalized spacial score (nSPS) is 23.6. The zero-order valence-corrected chi connectivity index (χ0v) is 15.2. The molecule has 1 N–H and O–H groups in total. The van der Waals surface area contributed by atoms with Crippen LogP contribution in [0, 0.1) is 17.7 Å². The van der Waals surface area contributed by atoms with Gasteiger partial charge in [0, 0.05) is 43.7 Å². The minimum Gasteiger partial charge on any atom is -0.353 e. The first kappa shape index (κ1) is 17.9. The first-order valence-corrected chi connectivity index (χ1v) is 9.66. The molecule has 3 fully saturated rings. The first-order chi connectivity index (χ1) is 13.0. The molecule has 1 aromatic rings. The predicted molar refractivity (Wildman–Crippen MR) is 97.3 cm³/mol. The van der Waals surface area contributed by atoms with Crippen LogP contribution in [0.3, 0.4) is 0 Å². The maximum absolute atomic E-state index is 13.1. The van der Waals surface area contributed by atoms with Gasteiger partial charge in [-0.1, -0.05) is 0 Å². The van der Waals surface area contributed by atoms with Crippen LogP contribution in [0.2, 0.25) is 0 Å². The molecule has 1 aromatic carbocycles. The Balaban J connectivity index is 1.31. The van der Waals surface area contributed by atoms with Gasteiger partial charge in [0.15, 0.2) is 0 Å². The lowest BCUT2D eigenvalue weighted by atomic mass is 9.94. The molecule has 2 aliphatic heterocycles. The highest BCUT2D eigenvalue weighted by Crippen LogP contribution is 2.28. The predicted octanol–water partition coefficient (Wildman–Crippen LogP) is 1.70. The number of halogens is 1. The molecule has 144 valence electrons. The van der Waals surface area contributed by atoms with Crippen molar-refractivity contribution in [1.29, 1.82) is 0 Å². The van der Waals surface area contributed by atoms with Crippen LogP contribution in [-0.2, 0) is 14.4 Å². The van der Waals surface area contributed by atoms with Gasteiger partial charge in [-0.25, -0.2) is 4.39 Å². The summed E-state index contributed by atoms with van der Waals surface area (Å²) >= 11 is 0. The Labute approximate surface area is 157 Å². The molecule has 3 amide bonds. The first-order valence-electron chi connectivity index (χ1n) is 9.66. The van der Waals surface area contributed by atoms with E-state index >= 15 is 0 Å². The van der Waals surface area contributed by atoms with E-state index in [9.17, 15) is 18.8 Å². The molecule has 0 unspecified atom stereocenters. The van der Waals surface area contributed by atoms with Crippen molar-refractivity contribution >= 4 is 23.4 Å². The fourth-order valence-corrected chi connectivity index (χ4v) is 3.91. The van der Waals surface area contributed by atoms with Crippen molar-refractivity contribution < 1.29 is 18.8 Å². The average Bonchev–Trinajstić information content (AvgIpc) is 3.41. The summed E-state index contributed by atoms with van der Waals surface area (Å²) in [6, 6.07) is 6.11. The molecule has 2 saturated heterocycles. The highest BCUT2D eigenvalue weighted by atomic mass is 19.1. The Morgan fingerprint density at radius 1 is 1.00 bits per heavy atom. The molecule has 1 saturated carbocycles. The van der Waals surface area contributed by atoms with Gasteiger partial charge in [-0.15, -0.1) is 0 Å². The third-order valence-electron chi connectivity index (χ3n) is 5.71. The summed E-state index contributed by atoms with van der Waals surface area (Å²) in [5, 5.41) is 3.04. The second-order valence-corrected chi connectivity index (χ2v) is 7.76. The summed E-state index contributed by atoms with van der Waals surface area (Å²) in [7, 11) is 0. The van der Waals surface area contributed by atoms with Crippen LogP contribution in [0.5, 0.6) is 0 Å². The van der Waals surface area contributed by atoms with Crippen molar-refractivity contribution in [2.24, 2.45) is 11.8 Å². The zero-order chi connectivity index (χ0) is 19.0. The number of nitrogens with zero attached hydrogens (tertiary/aromatic N) is 2. The monoisotopic (exact) mass is 373 g/mol. The SMILES string of the molecule is O=C(NC1CC1)C1CCN(C(=O)[C@H]2CC(=O)N(c3ccc(F)cc3)C2)CC1. The average molecular weight is 373 g/mol. The van der Waals surface area contributed by atoms with E-state index in [4.69, 9.17) is 0 Å². The Hall–Kier alpha value is -2.44. The van der Waals surface area contributed by atoms with Gasteiger partial charge >= 0.3 is 0 Å². The van der Waals surface area contributed by atoms with E-state index in [0.29, 0.717) is 44.2 Å². The highest BCUT2D eigenvalue weighted by Gasteiger charge is 2.39. The lowest BCUT2D eigenvalue weighted by Gasteiger charge is -2.33. The van der Waals surface area contributed by atoms with Crippen LogP contribution in [-0.4, -0.2) is 48.3 Å². The third-order valence-corrected chi connectivity index (χ3v) is 5.71. The number of hydrogen-bond acceptors (Lipinski definition) is 3. The number of piperidine rings is 1. The van der Waals surface area contributed by atoms with Gasteiger partial charge < -0.3 is 15.1 Å². The van der Waals surface area contributed by atoms with Crippen LogP contribution in [0.1, 0.15) is 32.1 Å². The fourth-order valence-electron chi connectivity index (χ4n) is 3.91. The molecule has 0 aromatic heterocycles. The van der Waals surface area contributed by atoms with Gasteiger partial charge in [0.2, 0.25) is 17.7 Å². The molecule has 3 aliphatic rings. The topological polar surface area (TPSA) is 69.7 Å². The molecule has 7 heteroatoms. The summed E-state index contributed by atoms with van der Waals surface area (Å²) in [5.74, 6) is -0.766. The molecule has 1 aliphatic carbocycles. The third kappa shape index (κ3) is 3.96. The van der Waals surface area contributed by atoms with Crippen molar-refractivity contribution in [3.8, 4) is 0 Å². The van der Waals surface area contributed by atoms with Gasteiger partial charge in [0.05, 0.1) is 5.92 Å². The summed E-state index contributed by atoms with van der Waals surface area (Å²) < 4.78 is 13.1. The van der Waals surface area contributed by atoms with Gasteiger partial charge in [-0.05, 0) is 49.9 Å². The Bertz CT molecular complexity index is 739. The number of likely N-dealkylation sites (tertiary alicyclic amines) is 1. The van der Waals surface area contributed by atoms with Crippen LogP contribution in [0.4, 0.5) is 10.1 Å². The Morgan fingerprint density at radius 2 is 1.67 bits per heavy atom. The zero-order valence-electron chi connectivity index (χ0n) is 15.2. The van der Waals surface area contributed by atoms with Crippen molar-refractivity contribution in [3.63, 3.8) is 0 Å². The van der Waals surface area contributed by atoms with Crippen molar-refractivity contribution in [2.45, 2.75) is 38.1 Å². The molecule has 0 radical (unpaired) electrons. The summed E-state index contributed by atoms with van der Waals surface area (Å²) in [5.41, 5.74) is 0.618. The van der Waals surface area contributed by atoms with E-state index in [1.165, 1.54) is 12.1 Å². The largest absolute Gasteiger partial charge is 0.353 e. The smallest absolute Gasteiger partial charge is 0.228 e. The van der Waals surface area contributed by atoms with E-state index in [0.717, 1.165) is 12.8 Å². The Kier molecular flexibility index (Phi) is 4.85. The molecule has 2 heterocycles. The molecular weight excluding hydrogens is 349 g/mol. The quantitative estimate of drug-likeness (QED) is 0.873. The number of anilines is 1.